The number of urea groups is 1. The summed E-state index contributed by atoms with van der Waals surface area (Å²) in [6, 6.07) is 0.237. The van der Waals surface area contributed by atoms with E-state index in [0.29, 0.717) is 5.92 Å². The smallest absolute Gasteiger partial charge is 0.319 e. The van der Waals surface area contributed by atoms with Crippen LogP contribution in [-0.2, 0) is 0 Å². The third kappa shape index (κ3) is 3.61. The van der Waals surface area contributed by atoms with Crippen LogP contribution in [0.1, 0.15) is 32.6 Å². The molecule has 0 spiro atoms. The fraction of sp³-hybridized carbons (Fsp3) is 0.929. The lowest BCUT2D eigenvalue weighted by Crippen LogP contribution is -2.47. The topological polar surface area (TPSA) is 35.6 Å². The molecule has 2 heterocycles. The lowest BCUT2D eigenvalue weighted by atomic mass is 9.97. The standard InChI is InChI=1S/C14H27N3O/c1-12-5-9-17(10-6-12)14(18)16(2)11-13-3-7-15-8-4-13/h12-13,15H,3-11H2,1-2H3. The lowest BCUT2D eigenvalue weighted by molar-refractivity contribution is 0.134. The van der Waals surface area contributed by atoms with Crippen molar-refractivity contribution in [3.05, 3.63) is 0 Å². The van der Waals surface area contributed by atoms with E-state index in [0.717, 1.165) is 51.5 Å². The van der Waals surface area contributed by atoms with Crippen molar-refractivity contribution >= 4 is 6.03 Å². The molecule has 2 aliphatic heterocycles. The summed E-state index contributed by atoms with van der Waals surface area (Å²) in [4.78, 5) is 16.3. The van der Waals surface area contributed by atoms with E-state index in [1.54, 1.807) is 0 Å². The summed E-state index contributed by atoms with van der Waals surface area (Å²) in [6.07, 6.45) is 4.73. The van der Waals surface area contributed by atoms with Crippen LogP contribution in [0.4, 0.5) is 4.79 Å². The third-order valence-corrected chi connectivity index (χ3v) is 4.37. The Bertz CT molecular complexity index is 268. The molecular formula is C14H27N3O. The van der Waals surface area contributed by atoms with Crippen molar-refractivity contribution in [1.29, 1.82) is 0 Å². The first kappa shape index (κ1) is 13.7. The maximum Gasteiger partial charge on any atom is 0.319 e. The molecule has 18 heavy (non-hydrogen) atoms. The fourth-order valence-electron chi connectivity index (χ4n) is 2.97. The van der Waals surface area contributed by atoms with Crippen LogP contribution in [0.5, 0.6) is 0 Å². The molecule has 0 saturated carbocycles. The van der Waals surface area contributed by atoms with Crippen molar-refractivity contribution in [2.75, 3.05) is 39.8 Å². The summed E-state index contributed by atoms with van der Waals surface area (Å²) in [5, 5.41) is 3.37. The van der Waals surface area contributed by atoms with Crippen LogP contribution in [0.2, 0.25) is 0 Å². The van der Waals surface area contributed by atoms with E-state index in [2.05, 4.69) is 12.2 Å². The molecule has 0 aliphatic carbocycles. The van der Waals surface area contributed by atoms with Gasteiger partial charge >= 0.3 is 6.03 Å². The van der Waals surface area contributed by atoms with Gasteiger partial charge in [-0.15, -0.1) is 0 Å². The molecule has 0 bridgehead atoms. The van der Waals surface area contributed by atoms with Gasteiger partial charge in [0.15, 0.2) is 0 Å². The van der Waals surface area contributed by atoms with E-state index in [1.807, 2.05) is 16.8 Å². The summed E-state index contributed by atoms with van der Waals surface area (Å²) in [7, 11) is 1.96. The first-order valence-electron chi connectivity index (χ1n) is 7.37. The van der Waals surface area contributed by atoms with Crippen molar-refractivity contribution in [1.82, 2.24) is 15.1 Å². The molecule has 2 aliphatic rings. The molecule has 0 unspecified atom stereocenters. The van der Waals surface area contributed by atoms with Gasteiger partial charge in [-0.25, -0.2) is 4.79 Å². The maximum atomic E-state index is 12.3. The second kappa shape index (κ2) is 6.41. The number of likely N-dealkylation sites (tertiary alicyclic amines) is 1. The van der Waals surface area contributed by atoms with Gasteiger partial charge < -0.3 is 15.1 Å². The molecule has 4 nitrogen and oxygen atoms in total. The Morgan fingerprint density at radius 2 is 1.83 bits per heavy atom. The number of carbonyl (C=O) groups excluding carboxylic acids is 1. The van der Waals surface area contributed by atoms with Crippen LogP contribution < -0.4 is 5.32 Å². The van der Waals surface area contributed by atoms with E-state index in [4.69, 9.17) is 0 Å². The second-order valence-electron chi connectivity index (χ2n) is 6.03. The number of hydrogen-bond donors (Lipinski definition) is 1. The molecule has 2 amide bonds. The zero-order valence-corrected chi connectivity index (χ0v) is 11.8. The number of nitrogens with zero attached hydrogens (tertiary/aromatic N) is 2. The molecule has 0 radical (unpaired) electrons. The van der Waals surface area contributed by atoms with Gasteiger partial charge in [0.2, 0.25) is 0 Å². The monoisotopic (exact) mass is 253 g/mol. The number of carbonyl (C=O) groups is 1. The number of rotatable bonds is 2. The van der Waals surface area contributed by atoms with Gasteiger partial charge in [-0.2, -0.15) is 0 Å². The minimum absolute atomic E-state index is 0.237. The van der Waals surface area contributed by atoms with Crippen molar-refractivity contribution in [2.45, 2.75) is 32.6 Å². The van der Waals surface area contributed by atoms with Gasteiger partial charge in [-0.3, -0.25) is 0 Å². The average Bonchev–Trinajstić information content (AvgIpc) is 2.40. The minimum atomic E-state index is 0.237. The van der Waals surface area contributed by atoms with E-state index in [9.17, 15) is 4.79 Å². The first-order valence-corrected chi connectivity index (χ1v) is 7.37. The zero-order chi connectivity index (χ0) is 13.0. The molecule has 0 aromatic heterocycles. The van der Waals surface area contributed by atoms with E-state index < -0.39 is 0 Å². The Labute approximate surface area is 111 Å². The van der Waals surface area contributed by atoms with Crippen LogP contribution >= 0.6 is 0 Å². The van der Waals surface area contributed by atoms with Gasteiger partial charge in [0.1, 0.15) is 0 Å². The predicted octanol–water partition coefficient (Wildman–Crippen LogP) is 1.77. The quantitative estimate of drug-likeness (QED) is 0.814. The lowest BCUT2D eigenvalue weighted by Gasteiger charge is -2.35. The average molecular weight is 253 g/mol. The summed E-state index contributed by atoms with van der Waals surface area (Å²) in [5.41, 5.74) is 0. The predicted molar refractivity (Wildman–Crippen MR) is 73.6 cm³/mol. The van der Waals surface area contributed by atoms with Crippen LogP contribution in [0, 0.1) is 11.8 Å². The zero-order valence-electron chi connectivity index (χ0n) is 11.8. The summed E-state index contributed by atoms with van der Waals surface area (Å²) in [6.45, 7) is 7.29. The highest BCUT2D eigenvalue weighted by molar-refractivity contribution is 5.74. The summed E-state index contributed by atoms with van der Waals surface area (Å²) < 4.78 is 0. The largest absolute Gasteiger partial charge is 0.327 e. The highest BCUT2D eigenvalue weighted by Gasteiger charge is 2.24. The highest BCUT2D eigenvalue weighted by Crippen LogP contribution is 2.18. The van der Waals surface area contributed by atoms with Crippen molar-refractivity contribution in [2.24, 2.45) is 11.8 Å². The van der Waals surface area contributed by atoms with Crippen molar-refractivity contribution < 1.29 is 4.79 Å². The van der Waals surface area contributed by atoms with Crippen LogP contribution in [0.3, 0.4) is 0 Å². The molecule has 0 aromatic rings. The first-order chi connectivity index (χ1) is 8.66. The Morgan fingerprint density at radius 1 is 1.22 bits per heavy atom. The molecule has 0 aromatic carbocycles. The number of amides is 2. The second-order valence-corrected chi connectivity index (χ2v) is 6.03. The van der Waals surface area contributed by atoms with Crippen molar-refractivity contribution in [3.63, 3.8) is 0 Å². The Kier molecular flexibility index (Phi) is 4.87. The molecular weight excluding hydrogens is 226 g/mol. The van der Waals surface area contributed by atoms with Crippen LogP contribution in [0.15, 0.2) is 0 Å². The number of hydrogen-bond acceptors (Lipinski definition) is 2. The van der Waals surface area contributed by atoms with Gasteiger partial charge in [0, 0.05) is 26.7 Å². The fourth-order valence-corrected chi connectivity index (χ4v) is 2.97. The Hall–Kier alpha value is -0.770. The van der Waals surface area contributed by atoms with Crippen LogP contribution in [0.25, 0.3) is 0 Å². The summed E-state index contributed by atoms with van der Waals surface area (Å²) >= 11 is 0. The number of nitrogens with one attached hydrogen (secondary N) is 1. The van der Waals surface area contributed by atoms with E-state index in [-0.39, 0.29) is 6.03 Å². The molecule has 104 valence electrons. The minimum Gasteiger partial charge on any atom is -0.327 e. The molecule has 0 atom stereocenters. The third-order valence-electron chi connectivity index (χ3n) is 4.37. The summed E-state index contributed by atoms with van der Waals surface area (Å²) in [5.74, 6) is 1.47. The molecule has 2 fully saturated rings. The van der Waals surface area contributed by atoms with Gasteiger partial charge in [-0.05, 0) is 50.6 Å². The van der Waals surface area contributed by atoms with Gasteiger partial charge in [-0.1, -0.05) is 6.92 Å². The van der Waals surface area contributed by atoms with Gasteiger partial charge in [0.05, 0.1) is 0 Å². The Balaban J connectivity index is 1.77. The SMILES string of the molecule is CC1CCN(C(=O)N(C)CC2CCNCC2)CC1. The maximum absolute atomic E-state index is 12.3. The van der Waals surface area contributed by atoms with Crippen molar-refractivity contribution in [3.8, 4) is 0 Å². The van der Waals surface area contributed by atoms with Crippen LogP contribution in [-0.4, -0.2) is 55.6 Å². The molecule has 4 heteroatoms. The van der Waals surface area contributed by atoms with Gasteiger partial charge in [0.25, 0.3) is 0 Å². The van der Waals surface area contributed by atoms with E-state index >= 15 is 0 Å². The van der Waals surface area contributed by atoms with E-state index in [1.165, 1.54) is 12.8 Å². The molecule has 2 rings (SSSR count). The highest BCUT2D eigenvalue weighted by atomic mass is 16.2. The normalized spacial score (nSPS) is 23.1. The Morgan fingerprint density at radius 3 is 2.44 bits per heavy atom. The molecule has 2 saturated heterocycles. The molecule has 1 N–H and O–H groups in total. The number of piperidine rings is 2.